The van der Waals surface area contributed by atoms with E-state index in [1.54, 1.807) is 13.0 Å². The van der Waals surface area contributed by atoms with Crippen LogP contribution < -0.4 is 5.32 Å². The Kier molecular flexibility index (Phi) is 3.14. The number of amides is 1. The molecule has 3 nitrogen and oxygen atoms in total. The van der Waals surface area contributed by atoms with E-state index in [1.165, 1.54) is 6.07 Å². The maximum Gasteiger partial charge on any atom is 0.256 e. The number of benzene rings is 1. The number of nitrogens with zero attached hydrogens (tertiary/aromatic N) is 1. The lowest BCUT2D eigenvalue weighted by Crippen LogP contribution is -2.11. The number of hydrogen-bond acceptors (Lipinski definition) is 3. The molecule has 1 amide bonds. The molecule has 0 saturated heterocycles. The molecule has 0 radical (unpaired) electrons. The zero-order valence-corrected chi connectivity index (χ0v) is 9.65. The van der Waals surface area contributed by atoms with Crippen LogP contribution in [0, 0.1) is 18.6 Å². The standard InChI is InChI=1S/C11H8F2N2OS/c1-6-4-10(17-15-6)14-11(16)7-2-3-8(12)9(13)5-7/h2-5H,1H3,(H,14,16). The summed E-state index contributed by atoms with van der Waals surface area (Å²) in [6, 6.07) is 4.70. The Morgan fingerprint density at radius 3 is 2.65 bits per heavy atom. The van der Waals surface area contributed by atoms with Crippen molar-refractivity contribution in [2.75, 3.05) is 5.32 Å². The topological polar surface area (TPSA) is 42.0 Å². The molecule has 2 aromatic rings. The minimum Gasteiger partial charge on any atom is -0.312 e. The normalized spacial score (nSPS) is 10.3. The van der Waals surface area contributed by atoms with Crippen molar-refractivity contribution in [3.05, 3.63) is 47.2 Å². The average molecular weight is 254 g/mol. The summed E-state index contributed by atoms with van der Waals surface area (Å²) in [5, 5.41) is 3.12. The monoisotopic (exact) mass is 254 g/mol. The SMILES string of the molecule is Cc1cc(NC(=O)c2ccc(F)c(F)c2)sn1. The average Bonchev–Trinajstić information content (AvgIpc) is 2.68. The molecule has 0 aliphatic carbocycles. The highest BCUT2D eigenvalue weighted by atomic mass is 32.1. The van der Waals surface area contributed by atoms with Gasteiger partial charge in [0.1, 0.15) is 5.00 Å². The summed E-state index contributed by atoms with van der Waals surface area (Å²) in [4.78, 5) is 11.7. The van der Waals surface area contributed by atoms with E-state index in [4.69, 9.17) is 0 Å². The van der Waals surface area contributed by atoms with Crippen LogP contribution in [-0.2, 0) is 0 Å². The van der Waals surface area contributed by atoms with Gasteiger partial charge in [0.05, 0.1) is 5.69 Å². The van der Waals surface area contributed by atoms with E-state index in [-0.39, 0.29) is 5.56 Å². The molecule has 2 rings (SSSR count). The van der Waals surface area contributed by atoms with E-state index >= 15 is 0 Å². The molecular weight excluding hydrogens is 246 g/mol. The summed E-state index contributed by atoms with van der Waals surface area (Å²) in [5.74, 6) is -2.51. The maximum absolute atomic E-state index is 12.9. The number of anilines is 1. The maximum atomic E-state index is 12.9. The Morgan fingerprint density at radius 2 is 2.06 bits per heavy atom. The number of carbonyl (C=O) groups is 1. The predicted octanol–water partition coefficient (Wildman–Crippen LogP) is 2.98. The molecule has 0 aliphatic rings. The molecule has 0 saturated carbocycles. The van der Waals surface area contributed by atoms with Gasteiger partial charge in [-0.2, -0.15) is 4.37 Å². The van der Waals surface area contributed by atoms with Crippen LogP contribution in [-0.4, -0.2) is 10.3 Å². The van der Waals surface area contributed by atoms with Gasteiger partial charge in [-0.1, -0.05) is 0 Å². The third kappa shape index (κ3) is 2.65. The molecule has 0 spiro atoms. The summed E-state index contributed by atoms with van der Waals surface area (Å²) < 4.78 is 29.6. The summed E-state index contributed by atoms with van der Waals surface area (Å²) in [7, 11) is 0. The van der Waals surface area contributed by atoms with Crippen molar-refractivity contribution >= 4 is 22.4 Å². The lowest BCUT2D eigenvalue weighted by molar-refractivity contribution is 0.102. The summed E-state index contributed by atoms with van der Waals surface area (Å²) in [6.07, 6.45) is 0. The number of aromatic nitrogens is 1. The van der Waals surface area contributed by atoms with Crippen molar-refractivity contribution < 1.29 is 13.6 Å². The number of aryl methyl sites for hydroxylation is 1. The number of carbonyl (C=O) groups excluding carboxylic acids is 1. The first-order chi connectivity index (χ1) is 8.06. The highest BCUT2D eigenvalue weighted by molar-refractivity contribution is 7.10. The van der Waals surface area contributed by atoms with E-state index in [2.05, 4.69) is 9.69 Å². The number of rotatable bonds is 2. The molecule has 1 aromatic carbocycles. The van der Waals surface area contributed by atoms with Gasteiger partial charge in [0.15, 0.2) is 11.6 Å². The van der Waals surface area contributed by atoms with E-state index < -0.39 is 17.5 Å². The highest BCUT2D eigenvalue weighted by Gasteiger charge is 2.10. The third-order valence-corrected chi connectivity index (χ3v) is 2.84. The predicted molar refractivity (Wildman–Crippen MR) is 61.2 cm³/mol. The first-order valence-electron chi connectivity index (χ1n) is 4.76. The number of hydrogen-bond donors (Lipinski definition) is 1. The fraction of sp³-hybridized carbons (Fsp3) is 0.0909. The van der Waals surface area contributed by atoms with Gasteiger partial charge in [-0.05, 0) is 42.7 Å². The van der Waals surface area contributed by atoms with Gasteiger partial charge in [0, 0.05) is 5.56 Å². The highest BCUT2D eigenvalue weighted by Crippen LogP contribution is 2.17. The van der Waals surface area contributed by atoms with Crippen molar-refractivity contribution in [3.8, 4) is 0 Å². The van der Waals surface area contributed by atoms with E-state index in [0.29, 0.717) is 5.00 Å². The van der Waals surface area contributed by atoms with Crippen LogP contribution >= 0.6 is 11.5 Å². The van der Waals surface area contributed by atoms with Crippen LogP contribution in [0.1, 0.15) is 16.1 Å². The van der Waals surface area contributed by atoms with Crippen LogP contribution in [0.4, 0.5) is 13.8 Å². The lowest BCUT2D eigenvalue weighted by atomic mass is 10.2. The molecule has 0 atom stereocenters. The molecule has 88 valence electrons. The van der Waals surface area contributed by atoms with Gasteiger partial charge in [-0.25, -0.2) is 8.78 Å². The largest absolute Gasteiger partial charge is 0.312 e. The molecule has 1 N–H and O–H groups in total. The van der Waals surface area contributed by atoms with Gasteiger partial charge in [-0.15, -0.1) is 0 Å². The first kappa shape index (κ1) is 11.7. The Labute approximate surface area is 100 Å². The van der Waals surface area contributed by atoms with Crippen molar-refractivity contribution in [2.24, 2.45) is 0 Å². The Balaban J connectivity index is 2.17. The van der Waals surface area contributed by atoms with Crippen LogP contribution in [0.3, 0.4) is 0 Å². The summed E-state index contributed by atoms with van der Waals surface area (Å²) in [5.41, 5.74) is 0.852. The second kappa shape index (κ2) is 4.58. The second-order valence-corrected chi connectivity index (χ2v) is 4.22. The van der Waals surface area contributed by atoms with Crippen LogP contribution in [0.25, 0.3) is 0 Å². The fourth-order valence-electron chi connectivity index (χ4n) is 1.24. The van der Waals surface area contributed by atoms with Crippen molar-refractivity contribution in [1.29, 1.82) is 0 Å². The molecule has 1 heterocycles. The molecule has 0 fully saturated rings. The Morgan fingerprint density at radius 1 is 1.29 bits per heavy atom. The van der Waals surface area contributed by atoms with Gasteiger partial charge >= 0.3 is 0 Å². The minimum absolute atomic E-state index is 0.0648. The molecule has 0 aliphatic heterocycles. The molecule has 0 unspecified atom stereocenters. The lowest BCUT2D eigenvalue weighted by Gasteiger charge is -2.02. The van der Waals surface area contributed by atoms with E-state index in [0.717, 1.165) is 29.4 Å². The zero-order valence-electron chi connectivity index (χ0n) is 8.83. The van der Waals surface area contributed by atoms with Gasteiger partial charge in [-0.3, -0.25) is 4.79 Å². The van der Waals surface area contributed by atoms with Crippen molar-refractivity contribution in [3.63, 3.8) is 0 Å². The fourth-order valence-corrected chi connectivity index (χ4v) is 1.90. The smallest absolute Gasteiger partial charge is 0.256 e. The van der Waals surface area contributed by atoms with E-state index in [9.17, 15) is 13.6 Å². The van der Waals surface area contributed by atoms with Crippen molar-refractivity contribution in [1.82, 2.24) is 4.37 Å². The molecule has 0 bridgehead atoms. The number of nitrogens with one attached hydrogen (secondary N) is 1. The third-order valence-electron chi connectivity index (χ3n) is 2.05. The zero-order chi connectivity index (χ0) is 12.4. The quantitative estimate of drug-likeness (QED) is 0.895. The summed E-state index contributed by atoms with van der Waals surface area (Å²) >= 11 is 1.13. The van der Waals surface area contributed by atoms with E-state index in [1.807, 2.05) is 0 Å². The van der Waals surface area contributed by atoms with Gasteiger partial charge in [0.25, 0.3) is 5.91 Å². The molecular formula is C11H8F2N2OS. The van der Waals surface area contributed by atoms with Crippen LogP contribution in [0.15, 0.2) is 24.3 Å². The Bertz CT molecular complexity index is 568. The molecule has 17 heavy (non-hydrogen) atoms. The summed E-state index contributed by atoms with van der Waals surface area (Å²) in [6.45, 7) is 1.80. The Hall–Kier alpha value is -1.82. The first-order valence-corrected chi connectivity index (χ1v) is 5.53. The molecule has 1 aromatic heterocycles. The van der Waals surface area contributed by atoms with Crippen LogP contribution in [0.5, 0.6) is 0 Å². The van der Waals surface area contributed by atoms with Crippen LogP contribution in [0.2, 0.25) is 0 Å². The molecule has 6 heteroatoms. The van der Waals surface area contributed by atoms with Gasteiger partial charge < -0.3 is 5.32 Å². The van der Waals surface area contributed by atoms with Gasteiger partial charge in [0.2, 0.25) is 0 Å². The minimum atomic E-state index is -1.04. The second-order valence-electron chi connectivity index (χ2n) is 3.42. The van der Waals surface area contributed by atoms with Crippen molar-refractivity contribution in [2.45, 2.75) is 6.92 Å². The number of halogens is 2.